The van der Waals surface area contributed by atoms with Gasteiger partial charge in [0.15, 0.2) is 8.32 Å². The first-order valence-electron chi connectivity index (χ1n) is 7.51. The van der Waals surface area contributed by atoms with Gasteiger partial charge in [0.1, 0.15) is 0 Å². The van der Waals surface area contributed by atoms with E-state index in [-0.39, 0.29) is 6.61 Å². The number of unbranched alkanes of at least 4 members (excludes halogenated alkanes) is 5. The molecule has 1 N–H and O–H groups in total. The third-order valence-electron chi connectivity index (χ3n) is 3.52. The summed E-state index contributed by atoms with van der Waals surface area (Å²) in [5.41, 5.74) is 0. The van der Waals surface area contributed by atoms with Crippen molar-refractivity contribution >= 4 is 24.4 Å². The topological polar surface area (TPSA) is 89.9 Å². The normalized spacial score (nSPS) is 13.1. The summed E-state index contributed by atoms with van der Waals surface area (Å²) in [6.07, 6.45) is 5.06. The predicted octanol–water partition coefficient (Wildman–Crippen LogP) is 3.20. The fourth-order valence-corrected chi connectivity index (χ4v) is 3.39. The van der Waals surface area contributed by atoms with Crippen molar-refractivity contribution in [2.75, 3.05) is 13.7 Å². The van der Waals surface area contributed by atoms with Gasteiger partial charge >= 0.3 is 21.3 Å². The van der Waals surface area contributed by atoms with Crippen LogP contribution in [0, 0.1) is 0 Å². The van der Waals surface area contributed by atoms with Crippen molar-refractivity contribution in [2.24, 2.45) is 0 Å². The average Bonchev–Trinajstić information content (AvgIpc) is 2.43. The Bertz CT molecular complexity index is 467. The van der Waals surface area contributed by atoms with Crippen molar-refractivity contribution in [3.05, 3.63) is 0 Å². The summed E-state index contributed by atoms with van der Waals surface area (Å²) in [6.45, 7) is 4.01. The van der Waals surface area contributed by atoms with Crippen LogP contribution in [0.1, 0.15) is 38.5 Å². The van der Waals surface area contributed by atoms with Gasteiger partial charge < -0.3 is 9.16 Å². The summed E-state index contributed by atoms with van der Waals surface area (Å²) >= 11 is 0. The maximum absolute atomic E-state index is 12.8. The quantitative estimate of drug-likeness (QED) is 0.243. The summed E-state index contributed by atoms with van der Waals surface area (Å²) in [6, 6.07) is 1.09. The van der Waals surface area contributed by atoms with Crippen LogP contribution >= 0.6 is 0 Å². The fraction of sp³-hybridized carbons (Fsp3) is 0.923. The highest BCUT2D eigenvalue weighted by Gasteiger charge is 2.54. The number of ether oxygens (including phenoxy) is 1. The van der Waals surface area contributed by atoms with Crippen LogP contribution in [0.5, 0.6) is 0 Å². The van der Waals surface area contributed by atoms with Gasteiger partial charge in [-0.2, -0.15) is 17.2 Å². The van der Waals surface area contributed by atoms with E-state index in [4.69, 9.17) is 8.98 Å². The number of alkyl halides is 2. The van der Waals surface area contributed by atoms with Crippen LogP contribution in [-0.4, -0.2) is 46.2 Å². The molecule has 23 heavy (non-hydrogen) atoms. The molecule has 0 aromatic rings. The molecule has 0 aliphatic heterocycles. The van der Waals surface area contributed by atoms with Gasteiger partial charge in [0.05, 0.1) is 6.61 Å². The first-order chi connectivity index (χ1) is 10.4. The van der Waals surface area contributed by atoms with E-state index in [1.54, 1.807) is 7.11 Å². The van der Waals surface area contributed by atoms with Gasteiger partial charge in [-0.25, -0.2) is 4.79 Å². The van der Waals surface area contributed by atoms with Gasteiger partial charge in [0, 0.05) is 7.11 Å². The molecular weight excluding hydrogens is 350 g/mol. The second kappa shape index (κ2) is 9.65. The van der Waals surface area contributed by atoms with E-state index < -0.39 is 29.7 Å². The van der Waals surface area contributed by atoms with Crippen LogP contribution < -0.4 is 0 Å². The minimum absolute atomic E-state index is 0.298. The van der Waals surface area contributed by atoms with Crippen molar-refractivity contribution in [2.45, 2.75) is 62.9 Å². The maximum Gasteiger partial charge on any atom is 0.465 e. The van der Waals surface area contributed by atoms with Crippen LogP contribution in [-0.2, 0) is 24.1 Å². The van der Waals surface area contributed by atoms with Crippen molar-refractivity contribution in [3.63, 3.8) is 0 Å². The number of rotatable bonds is 12. The number of carbonyl (C=O) groups is 1. The zero-order valence-corrected chi connectivity index (χ0v) is 15.6. The van der Waals surface area contributed by atoms with Gasteiger partial charge in [-0.05, 0) is 25.6 Å². The van der Waals surface area contributed by atoms with E-state index in [1.165, 1.54) is 0 Å². The zero-order valence-electron chi connectivity index (χ0n) is 13.8. The minimum Gasteiger partial charge on any atom is -0.460 e. The molecule has 0 bridgehead atoms. The molecule has 0 saturated heterocycles. The SMILES string of the molecule is CO[Si](C)(C)CCCCCCCCOC(=O)C(F)(F)S(=O)(=O)O. The fourth-order valence-electron chi connectivity index (χ4n) is 1.82. The van der Waals surface area contributed by atoms with Crippen molar-refractivity contribution in [1.82, 2.24) is 0 Å². The maximum atomic E-state index is 12.8. The number of carbonyl (C=O) groups excluding carboxylic acids is 1. The average molecular weight is 376 g/mol. The van der Waals surface area contributed by atoms with Gasteiger partial charge in [-0.15, -0.1) is 0 Å². The summed E-state index contributed by atoms with van der Waals surface area (Å²) in [4.78, 5) is 10.9. The Labute approximate surface area is 137 Å². The molecule has 0 heterocycles. The highest BCUT2D eigenvalue weighted by Crippen LogP contribution is 2.22. The van der Waals surface area contributed by atoms with E-state index in [1.807, 2.05) is 0 Å². The van der Waals surface area contributed by atoms with Crippen molar-refractivity contribution in [1.29, 1.82) is 0 Å². The lowest BCUT2D eigenvalue weighted by molar-refractivity contribution is -0.161. The second-order valence-electron chi connectivity index (χ2n) is 5.96. The van der Waals surface area contributed by atoms with Gasteiger partial charge in [0.25, 0.3) is 0 Å². The van der Waals surface area contributed by atoms with Gasteiger partial charge in [-0.1, -0.05) is 32.1 Å². The van der Waals surface area contributed by atoms with Crippen LogP contribution in [0.3, 0.4) is 0 Å². The Morgan fingerprint density at radius 2 is 1.57 bits per heavy atom. The Kier molecular flexibility index (Phi) is 9.40. The number of esters is 1. The molecule has 0 aliphatic rings. The van der Waals surface area contributed by atoms with Crippen LogP contribution in [0.4, 0.5) is 8.78 Å². The molecule has 0 rings (SSSR count). The Hall–Kier alpha value is -0.583. The van der Waals surface area contributed by atoms with Gasteiger partial charge in [-0.3, -0.25) is 4.55 Å². The highest BCUT2D eigenvalue weighted by molar-refractivity contribution is 7.87. The highest BCUT2D eigenvalue weighted by atomic mass is 32.2. The molecule has 0 amide bonds. The molecule has 0 atom stereocenters. The Morgan fingerprint density at radius 1 is 1.09 bits per heavy atom. The molecule has 6 nitrogen and oxygen atoms in total. The van der Waals surface area contributed by atoms with Crippen LogP contribution in [0.15, 0.2) is 0 Å². The number of halogens is 2. The van der Waals surface area contributed by atoms with E-state index in [0.717, 1.165) is 31.7 Å². The largest absolute Gasteiger partial charge is 0.465 e. The van der Waals surface area contributed by atoms with E-state index in [0.29, 0.717) is 12.8 Å². The lowest BCUT2D eigenvalue weighted by atomic mass is 10.1. The lowest BCUT2D eigenvalue weighted by Crippen LogP contribution is -2.39. The molecule has 0 radical (unpaired) electrons. The lowest BCUT2D eigenvalue weighted by Gasteiger charge is -2.19. The standard InChI is InChI=1S/C13H26F2O6SSi/c1-20-23(2,3)11-9-7-5-4-6-8-10-21-12(16)13(14,15)22(17,18)19/h4-11H2,1-3H3,(H,17,18,19). The molecule has 0 fully saturated rings. The first kappa shape index (κ1) is 22.4. The molecule has 0 aliphatic carbocycles. The van der Waals surface area contributed by atoms with Crippen LogP contribution in [0.2, 0.25) is 19.1 Å². The molecule has 0 unspecified atom stereocenters. The van der Waals surface area contributed by atoms with E-state index >= 15 is 0 Å². The zero-order chi connectivity index (χ0) is 18.1. The summed E-state index contributed by atoms with van der Waals surface area (Å²) in [5.74, 6) is -2.24. The molecule has 138 valence electrons. The number of hydrogen-bond donors (Lipinski definition) is 1. The Balaban J connectivity index is 3.70. The molecular formula is C13H26F2O6SSi. The second-order valence-corrected chi connectivity index (χ2v) is 11.9. The molecule has 0 saturated carbocycles. The van der Waals surface area contributed by atoms with Crippen molar-refractivity contribution in [3.8, 4) is 0 Å². The van der Waals surface area contributed by atoms with Gasteiger partial charge in [0.2, 0.25) is 0 Å². The summed E-state index contributed by atoms with van der Waals surface area (Å²) in [5, 5.41) is -4.91. The number of hydrogen-bond acceptors (Lipinski definition) is 5. The Morgan fingerprint density at radius 3 is 2.04 bits per heavy atom. The van der Waals surface area contributed by atoms with E-state index in [9.17, 15) is 22.0 Å². The minimum atomic E-state index is -5.79. The van der Waals surface area contributed by atoms with Crippen molar-refractivity contribution < 1.29 is 35.7 Å². The summed E-state index contributed by atoms with van der Waals surface area (Å²) in [7, 11) is -5.56. The van der Waals surface area contributed by atoms with Crippen LogP contribution in [0.25, 0.3) is 0 Å². The third-order valence-corrected chi connectivity index (χ3v) is 7.00. The smallest absolute Gasteiger partial charge is 0.460 e. The predicted molar refractivity (Wildman–Crippen MR) is 84.5 cm³/mol. The molecule has 0 aromatic carbocycles. The monoisotopic (exact) mass is 376 g/mol. The third kappa shape index (κ3) is 8.73. The molecule has 0 spiro atoms. The molecule has 10 heteroatoms. The molecule has 0 aromatic heterocycles. The van der Waals surface area contributed by atoms with E-state index in [2.05, 4.69) is 17.8 Å². The summed E-state index contributed by atoms with van der Waals surface area (Å²) < 4.78 is 64.2. The first-order valence-corrected chi connectivity index (χ1v) is 12.1.